The largest absolute Gasteiger partial charge is 0.381 e. The van der Waals surface area contributed by atoms with Gasteiger partial charge in [-0.15, -0.1) is 0 Å². The summed E-state index contributed by atoms with van der Waals surface area (Å²) < 4.78 is 0. The molecule has 1 aromatic heterocycles. The van der Waals surface area contributed by atoms with Crippen molar-refractivity contribution in [2.24, 2.45) is 0 Å². The van der Waals surface area contributed by atoms with Gasteiger partial charge in [-0.05, 0) is 36.1 Å². The lowest BCUT2D eigenvalue weighted by Gasteiger charge is -2.27. The third-order valence-corrected chi connectivity index (χ3v) is 6.57. The number of H-pyrrole nitrogens is 1. The Morgan fingerprint density at radius 2 is 1.79 bits per heavy atom. The van der Waals surface area contributed by atoms with E-state index in [2.05, 4.69) is 63.0 Å². The molecule has 2 fully saturated rings. The lowest BCUT2D eigenvalue weighted by molar-refractivity contribution is 0.234. The molecule has 1 aliphatic heterocycles. The normalized spacial score (nSPS) is 18.5. The molecular formula is C24H29ClN4. The molecule has 0 bridgehead atoms. The number of aromatic amines is 1. The third-order valence-electron chi connectivity index (χ3n) is 6.35. The predicted octanol–water partition coefficient (Wildman–Crippen LogP) is 5.25. The maximum atomic E-state index is 6.60. The monoisotopic (exact) mass is 408 g/mol. The molecule has 0 unspecified atom stereocenters. The minimum atomic E-state index is 0.553. The fraction of sp³-hybridized carbons (Fsp3) is 0.417. The first-order chi connectivity index (χ1) is 14.3. The van der Waals surface area contributed by atoms with Gasteiger partial charge in [0.1, 0.15) is 0 Å². The van der Waals surface area contributed by atoms with Crippen LogP contribution in [0.2, 0.25) is 5.02 Å². The van der Waals surface area contributed by atoms with Gasteiger partial charge in [-0.2, -0.15) is 0 Å². The van der Waals surface area contributed by atoms with Gasteiger partial charge in [0.2, 0.25) is 0 Å². The van der Waals surface area contributed by atoms with E-state index in [-0.39, 0.29) is 0 Å². The van der Waals surface area contributed by atoms with Crippen LogP contribution in [0.1, 0.15) is 31.2 Å². The molecule has 4 nitrogen and oxygen atoms in total. The molecule has 5 heteroatoms. The van der Waals surface area contributed by atoms with Gasteiger partial charge in [-0.3, -0.25) is 4.90 Å². The number of rotatable bonds is 5. The van der Waals surface area contributed by atoms with Crippen LogP contribution >= 0.6 is 11.6 Å². The molecule has 0 spiro atoms. The number of aromatic nitrogens is 1. The van der Waals surface area contributed by atoms with Gasteiger partial charge in [0.15, 0.2) is 0 Å². The van der Waals surface area contributed by atoms with Crippen molar-refractivity contribution in [2.45, 2.75) is 38.3 Å². The molecule has 29 heavy (non-hydrogen) atoms. The van der Waals surface area contributed by atoms with Crippen LogP contribution in [0.15, 0.2) is 42.5 Å². The van der Waals surface area contributed by atoms with E-state index in [0.29, 0.717) is 6.04 Å². The van der Waals surface area contributed by atoms with Gasteiger partial charge in [0.25, 0.3) is 0 Å². The summed E-state index contributed by atoms with van der Waals surface area (Å²) in [6.45, 7) is 5.20. The van der Waals surface area contributed by atoms with Gasteiger partial charge in [0, 0.05) is 49.2 Å². The van der Waals surface area contributed by atoms with Gasteiger partial charge < -0.3 is 15.6 Å². The molecule has 152 valence electrons. The van der Waals surface area contributed by atoms with Crippen LogP contribution in [-0.4, -0.2) is 42.1 Å². The maximum Gasteiger partial charge on any atom is 0.0699 e. The van der Waals surface area contributed by atoms with E-state index >= 15 is 0 Å². The van der Waals surface area contributed by atoms with E-state index < -0.39 is 0 Å². The number of anilines is 1. The highest BCUT2D eigenvalue weighted by Gasteiger charge is 2.22. The summed E-state index contributed by atoms with van der Waals surface area (Å²) in [5.41, 5.74) is 6.13. The first-order valence-corrected chi connectivity index (χ1v) is 11.2. The molecule has 2 aromatic carbocycles. The number of nitrogens with one attached hydrogen (secondary N) is 3. The molecular weight excluding hydrogens is 380 g/mol. The van der Waals surface area contributed by atoms with Crippen LogP contribution in [0.25, 0.3) is 22.2 Å². The smallest absolute Gasteiger partial charge is 0.0699 e. The summed E-state index contributed by atoms with van der Waals surface area (Å²) >= 11 is 6.60. The molecule has 3 N–H and O–H groups in total. The molecule has 2 aliphatic rings. The minimum Gasteiger partial charge on any atom is -0.381 e. The zero-order valence-electron chi connectivity index (χ0n) is 16.8. The summed E-state index contributed by atoms with van der Waals surface area (Å²) in [6, 6.07) is 15.5. The first-order valence-electron chi connectivity index (χ1n) is 10.9. The van der Waals surface area contributed by atoms with Crippen molar-refractivity contribution in [2.75, 3.05) is 31.5 Å². The SMILES string of the molecule is Clc1cc(NC2CCCC2)c2[nH]c(-c3ccccc3)c(CN3CCNCC3)c2c1. The van der Waals surface area contributed by atoms with Crippen LogP contribution in [0.3, 0.4) is 0 Å². The van der Waals surface area contributed by atoms with Gasteiger partial charge >= 0.3 is 0 Å². The summed E-state index contributed by atoms with van der Waals surface area (Å²) in [6.07, 6.45) is 5.12. The Kier molecular flexibility index (Phi) is 5.49. The molecule has 1 saturated heterocycles. The highest BCUT2D eigenvalue weighted by Crippen LogP contribution is 2.38. The fourth-order valence-electron chi connectivity index (χ4n) is 4.83. The Labute approximate surface area is 177 Å². The fourth-order valence-corrected chi connectivity index (χ4v) is 5.05. The summed E-state index contributed by atoms with van der Waals surface area (Å²) in [7, 11) is 0. The average Bonchev–Trinajstić information content (AvgIpc) is 3.38. The zero-order valence-corrected chi connectivity index (χ0v) is 17.6. The van der Waals surface area contributed by atoms with Crippen LogP contribution in [0.4, 0.5) is 5.69 Å². The maximum absolute atomic E-state index is 6.60. The van der Waals surface area contributed by atoms with Crippen molar-refractivity contribution in [3.05, 3.63) is 53.1 Å². The van der Waals surface area contributed by atoms with E-state index in [1.807, 2.05) is 0 Å². The van der Waals surface area contributed by atoms with Crippen molar-refractivity contribution in [3.8, 4) is 11.3 Å². The summed E-state index contributed by atoms with van der Waals surface area (Å²) in [5.74, 6) is 0. The molecule has 0 atom stereocenters. The van der Waals surface area contributed by atoms with Crippen molar-refractivity contribution < 1.29 is 0 Å². The van der Waals surface area contributed by atoms with Crippen molar-refractivity contribution >= 4 is 28.2 Å². The van der Waals surface area contributed by atoms with Crippen molar-refractivity contribution in [1.29, 1.82) is 0 Å². The Hall–Kier alpha value is -2.01. The van der Waals surface area contributed by atoms with E-state index in [1.165, 1.54) is 53.4 Å². The van der Waals surface area contributed by atoms with E-state index in [9.17, 15) is 0 Å². The van der Waals surface area contributed by atoms with E-state index in [1.54, 1.807) is 0 Å². The standard InChI is InChI=1S/C24H29ClN4/c25-18-14-20-21(16-29-12-10-26-11-13-29)23(17-6-2-1-3-7-17)28-24(20)22(15-18)27-19-8-4-5-9-19/h1-3,6-7,14-15,19,26-28H,4-5,8-13,16H2. The number of halogens is 1. The molecule has 1 aliphatic carbocycles. The molecule has 5 rings (SSSR count). The van der Waals surface area contributed by atoms with E-state index in [4.69, 9.17) is 11.6 Å². The molecule has 3 aromatic rings. The number of fused-ring (bicyclic) bond motifs is 1. The number of hydrogen-bond acceptors (Lipinski definition) is 3. The van der Waals surface area contributed by atoms with Crippen molar-refractivity contribution in [3.63, 3.8) is 0 Å². The quantitative estimate of drug-likeness (QED) is 0.540. The Balaban J connectivity index is 1.61. The van der Waals surface area contributed by atoms with Crippen LogP contribution in [-0.2, 0) is 6.54 Å². The first kappa shape index (κ1) is 19.0. The second-order valence-electron chi connectivity index (χ2n) is 8.37. The van der Waals surface area contributed by atoms with E-state index in [0.717, 1.165) is 43.4 Å². The molecule has 0 radical (unpaired) electrons. The predicted molar refractivity (Wildman–Crippen MR) is 123 cm³/mol. The lowest BCUT2D eigenvalue weighted by Crippen LogP contribution is -2.42. The number of hydrogen-bond donors (Lipinski definition) is 3. The van der Waals surface area contributed by atoms with Crippen molar-refractivity contribution in [1.82, 2.24) is 15.2 Å². The Morgan fingerprint density at radius 3 is 2.55 bits per heavy atom. The minimum absolute atomic E-state index is 0.553. The van der Waals surface area contributed by atoms with Crippen LogP contribution < -0.4 is 10.6 Å². The molecule has 2 heterocycles. The molecule has 0 amide bonds. The Bertz CT molecular complexity index is 969. The highest BCUT2D eigenvalue weighted by atomic mass is 35.5. The van der Waals surface area contributed by atoms with Crippen LogP contribution in [0.5, 0.6) is 0 Å². The number of benzene rings is 2. The second-order valence-corrected chi connectivity index (χ2v) is 8.81. The third kappa shape index (κ3) is 4.02. The average molecular weight is 409 g/mol. The molecule has 1 saturated carbocycles. The Morgan fingerprint density at radius 1 is 1.03 bits per heavy atom. The highest BCUT2D eigenvalue weighted by molar-refractivity contribution is 6.32. The van der Waals surface area contributed by atoms with Gasteiger partial charge in [0.05, 0.1) is 16.9 Å². The topological polar surface area (TPSA) is 43.1 Å². The zero-order chi connectivity index (χ0) is 19.6. The number of piperazine rings is 1. The van der Waals surface area contributed by atoms with Gasteiger partial charge in [-0.25, -0.2) is 0 Å². The second kappa shape index (κ2) is 8.39. The number of nitrogens with zero attached hydrogens (tertiary/aromatic N) is 1. The van der Waals surface area contributed by atoms with Crippen LogP contribution in [0, 0.1) is 0 Å². The van der Waals surface area contributed by atoms with Gasteiger partial charge in [-0.1, -0.05) is 54.8 Å². The lowest BCUT2D eigenvalue weighted by atomic mass is 10.0. The summed E-state index contributed by atoms with van der Waals surface area (Å²) in [4.78, 5) is 6.31. The summed E-state index contributed by atoms with van der Waals surface area (Å²) in [5, 5.41) is 9.29.